The molecule has 1 aliphatic rings. The van der Waals surface area contributed by atoms with Gasteiger partial charge in [0.25, 0.3) is 5.91 Å². The highest BCUT2D eigenvalue weighted by Gasteiger charge is 2.22. The molecule has 1 saturated heterocycles. The number of aromatic nitrogens is 1. The molecule has 0 aliphatic carbocycles. The Labute approximate surface area is 173 Å². The van der Waals surface area contributed by atoms with Gasteiger partial charge in [0.05, 0.1) is 12.3 Å². The molecule has 0 spiro atoms. The van der Waals surface area contributed by atoms with Crippen LogP contribution >= 0.6 is 11.3 Å². The molecule has 1 unspecified atom stereocenters. The zero-order valence-corrected chi connectivity index (χ0v) is 17.2. The topological polar surface area (TPSA) is 61.6 Å². The number of carbonyl (C=O) groups is 1. The zero-order chi connectivity index (χ0) is 20.4. The summed E-state index contributed by atoms with van der Waals surface area (Å²) >= 11 is 1.35. The van der Waals surface area contributed by atoms with Gasteiger partial charge in [0.2, 0.25) is 0 Å². The Morgan fingerprint density at radius 2 is 2.07 bits per heavy atom. The monoisotopic (exact) mass is 414 g/mol. The van der Waals surface area contributed by atoms with Gasteiger partial charge in [-0.1, -0.05) is 0 Å². The van der Waals surface area contributed by atoms with Gasteiger partial charge in [0, 0.05) is 42.8 Å². The van der Waals surface area contributed by atoms with Gasteiger partial charge in [0.1, 0.15) is 11.5 Å². The summed E-state index contributed by atoms with van der Waals surface area (Å²) in [6.45, 7) is 5.51. The molecule has 0 saturated carbocycles. The van der Waals surface area contributed by atoms with E-state index in [1.165, 1.54) is 23.5 Å². The van der Waals surface area contributed by atoms with Gasteiger partial charge in [-0.3, -0.25) is 4.79 Å². The molecule has 1 aromatic carbocycles. The van der Waals surface area contributed by atoms with Gasteiger partial charge in [-0.15, -0.1) is 11.3 Å². The highest BCUT2D eigenvalue weighted by molar-refractivity contribution is 7.13. The molecule has 1 amide bonds. The number of likely N-dealkylation sites (N-methyl/N-ethyl adjacent to an activating group) is 1. The van der Waals surface area contributed by atoms with Crippen LogP contribution in [0.25, 0.3) is 10.8 Å². The lowest BCUT2D eigenvalue weighted by Gasteiger charge is -2.36. The largest absolute Gasteiger partial charge is 0.462 e. The van der Waals surface area contributed by atoms with E-state index >= 15 is 0 Å². The Kier molecular flexibility index (Phi) is 5.64. The average molecular weight is 415 g/mol. The van der Waals surface area contributed by atoms with Crippen LogP contribution in [-0.2, 0) is 0 Å². The number of rotatable bonds is 5. The Morgan fingerprint density at radius 1 is 1.28 bits per heavy atom. The van der Waals surface area contributed by atoms with Gasteiger partial charge in [-0.2, -0.15) is 0 Å². The Morgan fingerprint density at radius 3 is 2.79 bits per heavy atom. The number of nitrogens with one attached hydrogen (secondary N) is 1. The van der Waals surface area contributed by atoms with Gasteiger partial charge < -0.3 is 19.5 Å². The lowest BCUT2D eigenvalue weighted by molar-refractivity contribution is 0.0935. The molecule has 1 atom stereocenters. The van der Waals surface area contributed by atoms with Crippen molar-refractivity contribution in [1.29, 1.82) is 0 Å². The smallest absolute Gasteiger partial charge is 0.271 e. The van der Waals surface area contributed by atoms with Crippen LogP contribution in [0.3, 0.4) is 0 Å². The van der Waals surface area contributed by atoms with Crippen LogP contribution in [0, 0.1) is 5.82 Å². The molecule has 8 heteroatoms. The van der Waals surface area contributed by atoms with Crippen LogP contribution in [0.1, 0.15) is 29.0 Å². The van der Waals surface area contributed by atoms with Gasteiger partial charge in [-0.05, 0) is 44.3 Å². The van der Waals surface area contributed by atoms with Crippen molar-refractivity contribution in [3.8, 4) is 10.8 Å². The molecule has 29 heavy (non-hydrogen) atoms. The van der Waals surface area contributed by atoms with E-state index in [-0.39, 0.29) is 17.8 Å². The van der Waals surface area contributed by atoms with Crippen LogP contribution in [0.5, 0.6) is 0 Å². The van der Waals surface area contributed by atoms with Crippen molar-refractivity contribution < 1.29 is 13.6 Å². The highest BCUT2D eigenvalue weighted by Crippen LogP contribution is 2.29. The fourth-order valence-corrected chi connectivity index (χ4v) is 4.21. The first-order valence-electron chi connectivity index (χ1n) is 9.54. The molecule has 3 aromatic rings. The van der Waals surface area contributed by atoms with E-state index in [0.717, 1.165) is 37.4 Å². The van der Waals surface area contributed by atoms with Gasteiger partial charge in [0.15, 0.2) is 10.8 Å². The van der Waals surface area contributed by atoms with Crippen molar-refractivity contribution >= 4 is 22.9 Å². The van der Waals surface area contributed by atoms with Gasteiger partial charge >= 0.3 is 0 Å². The van der Waals surface area contributed by atoms with E-state index in [0.29, 0.717) is 16.5 Å². The highest BCUT2D eigenvalue weighted by atomic mass is 32.1. The van der Waals surface area contributed by atoms with E-state index in [1.54, 1.807) is 29.8 Å². The fraction of sp³-hybridized carbons (Fsp3) is 0.333. The van der Waals surface area contributed by atoms with Crippen LogP contribution in [0.2, 0.25) is 0 Å². The van der Waals surface area contributed by atoms with E-state index < -0.39 is 0 Å². The minimum Gasteiger partial charge on any atom is -0.462 e. The summed E-state index contributed by atoms with van der Waals surface area (Å²) in [7, 11) is 2.09. The van der Waals surface area contributed by atoms with Crippen LogP contribution in [-0.4, -0.2) is 49.0 Å². The van der Waals surface area contributed by atoms with Crippen molar-refractivity contribution in [1.82, 2.24) is 15.2 Å². The molecule has 0 radical (unpaired) electrons. The number of hydrogen-bond donors (Lipinski definition) is 1. The number of amides is 1. The molecule has 3 heterocycles. The lowest BCUT2D eigenvalue weighted by atomic mass is 10.0. The fourth-order valence-electron chi connectivity index (χ4n) is 3.45. The maximum atomic E-state index is 14.0. The van der Waals surface area contributed by atoms with E-state index in [1.807, 2.05) is 6.92 Å². The van der Waals surface area contributed by atoms with E-state index in [2.05, 4.69) is 27.1 Å². The third-order valence-electron chi connectivity index (χ3n) is 5.12. The number of halogens is 1. The first-order chi connectivity index (χ1) is 14.0. The molecule has 1 aliphatic heterocycles. The van der Waals surface area contributed by atoms with Crippen LogP contribution in [0.4, 0.5) is 10.1 Å². The standard InChI is InChI=1S/C21H23FN4O2S/c1-14(23-20(27)17-13-29-21(24-17)19-4-3-11-28-19)16-12-15(22)5-6-18(16)26-9-7-25(2)8-10-26/h3-6,11-14H,7-10H2,1-2H3,(H,23,27). The summed E-state index contributed by atoms with van der Waals surface area (Å²) in [6.07, 6.45) is 1.57. The minimum absolute atomic E-state index is 0.292. The molecule has 152 valence electrons. The van der Waals surface area contributed by atoms with Crippen molar-refractivity contribution in [2.45, 2.75) is 13.0 Å². The summed E-state index contributed by atoms with van der Waals surface area (Å²) in [6, 6.07) is 8.01. The quantitative estimate of drug-likeness (QED) is 0.688. The summed E-state index contributed by atoms with van der Waals surface area (Å²) in [5.74, 6) is 0.0254. The maximum Gasteiger partial charge on any atom is 0.271 e. The van der Waals surface area contributed by atoms with E-state index in [9.17, 15) is 9.18 Å². The number of furan rings is 1. The van der Waals surface area contributed by atoms with Crippen LogP contribution < -0.4 is 10.2 Å². The number of carbonyl (C=O) groups excluding carboxylic acids is 1. The second kappa shape index (κ2) is 8.34. The SMILES string of the molecule is CC(NC(=O)c1csc(-c2ccco2)n1)c1cc(F)ccc1N1CCN(C)CC1. The van der Waals surface area contributed by atoms with Crippen molar-refractivity contribution in [3.05, 3.63) is 59.0 Å². The minimum atomic E-state index is -0.360. The first-order valence-corrected chi connectivity index (χ1v) is 10.4. The second-order valence-electron chi connectivity index (χ2n) is 7.20. The number of anilines is 1. The first kappa shape index (κ1) is 19.6. The Balaban J connectivity index is 1.51. The summed E-state index contributed by atoms with van der Waals surface area (Å²) in [5, 5.41) is 5.31. The molecule has 2 aromatic heterocycles. The molecule has 6 nitrogen and oxygen atoms in total. The molecule has 0 bridgehead atoms. The van der Waals surface area contributed by atoms with Crippen molar-refractivity contribution in [3.63, 3.8) is 0 Å². The Hall–Kier alpha value is -2.71. The third-order valence-corrected chi connectivity index (χ3v) is 5.97. The van der Waals surface area contributed by atoms with Crippen molar-refractivity contribution in [2.24, 2.45) is 0 Å². The van der Waals surface area contributed by atoms with E-state index in [4.69, 9.17) is 4.42 Å². The predicted octanol–water partition coefficient (Wildman–Crippen LogP) is 3.79. The normalized spacial score (nSPS) is 16.0. The number of piperazine rings is 1. The molecule has 1 fully saturated rings. The number of thiazole rings is 1. The van der Waals surface area contributed by atoms with Crippen LogP contribution in [0.15, 0.2) is 46.4 Å². The third kappa shape index (κ3) is 4.33. The maximum absolute atomic E-state index is 14.0. The average Bonchev–Trinajstić information content (AvgIpc) is 3.40. The second-order valence-corrected chi connectivity index (χ2v) is 8.06. The lowest BCUT2D eigenvalue weighted by Crippen LogP contribution is -2.45. The summed E-state index contributed by atoms with van der Waals surface area (Å²) < 4.78 is 19.3. The predicted molar refractivity (Wildman–Crippen MR) is 112 cm³/mol. The molecule has 4 rings (SSSR count). The zero-order valence-electron chi connectivity index (χ0n) is 16.4. The molecular weight excluding hydrogens is 391 g/mol. The van der Waals surface area contributed by atoms with Gasteiger partial charge in [-0.25, -0.2) is 9.37 Å². The Bertz CT molecular complexity index is 980. The number of benzene rings is 1. The summed E-state index contributed by atoms with van der Waals surface area (Å²) in [5.41, 5.74) is 2.05. The molecular formula is C21H23FN4O2S. The van der Waals surface area contributed by atoms with Crippen molar-refractivity contribution in [2.75, 3.05) is 38.1 Å². The summed E-state index contributed by atoms with van der Waals surface area (Å²) in [4.78, 5) is 21.6. The number of nitrogens with zero attached hydrogens (tertiary/aromatic N) is 3. The number of hydrogen-bond acceptors (Lipinski definition) is 6. The molecule has 1 N–H and O–H groups in total.